The molecule has 1 aromatic carbocycles. The van der Waals surface area contributed by atoms with E-state index in [1.54, 1.807) is 0 Å². The first-order chi connectivity index (χ1) is 10.6. The van der Waals surface area contributed by atoms with E-state index in [0.29, 0.717) is 25.6 Å². The number of carbonyl (C=O) groups is 1. The van der Waals surface area contributed by atoms with Crippen LogP contribution >= 0.6 is 0 Å². The third-order valence-electron chi connectivity index (χ3n) is 3.86. The van der Waals surface area contributed by atoms with Crippen LogP contribution in [0.15, 0.2) is 24.3 Å². The molecule has 0 spiro atoms. The van der Waals surface area contributed by atoms with Crippen LogP contribution in [0.2, 0.25) is 0 Å². The topological polar surface area (TPSA) is 73.6 Å². The van der Waals surface area contributed by atoms with Crippen LogP contribution in [0.25, 0.3) is 0 Å². The highest BCUT2D eigenvalue weighted by Gasteiger charge is 2.29. The Morgan fingerprint density at radius 2 is 2.18 bits per heavy atom. The number of amides is 1. The number of hydrogen-bond acceptors (Lipinski definition) is 4. The Labute approximate surface area is 132 Å². The Kier molecular flexibility index (Phi) is 6.21. The van der Waals surface area contributed by atoms with Crippen LogP contribution in [0.3, 0.4) is 0 Å². The molecule has 1 aliphatic heterocycles. The molecule has 0 bridgehead atoms. The number of hydrogen-bond donors (Lipinski definition) is 2. The number of carbonyl (C=O) groups excluding carboxylic acids is 1. The summed E-state index contributed by atoms with van der Waals surface area (Å²) in [4.78, 5) is 12.0. The largest absolute Gasteiger partial charge is 0.491 e. The molecule has 22 heavy (non-hydrogen) atoms. The third-order valence-corrected chi connectivity index (χ3v) is 3.86. The number of ether oxygens (including phenoxy) is 2. The quantitative estimate of drug-likeness (QED) is 0.754. The van der Waals surface area contributed by atoms with E-state index >= 15 is 0 Å². The molecule has 5 nitrogen and oxygen atoms in total. The Morgan fingerprint density at radius 3 is 2.86 bits per heavy atom. The van der Waals surface area contributed by atoms with Gasteiger partial charge in [-0.2, -0.15) is 0 Å². The molecular weight excluding hydrogens is 280 g/mol. The molecule has 1 amide bonds. The highest BCUT2D eigenvalue weighted by atomic mass is 16.5. The molecule has 2 atom stereocenters. The van der Waals surface area contributed by atoms with Gasteiger partial charge in [0.2, 0.25) is 5.91 Å². The van der Waals surface area contributed by atoms with Gasteiger partial charge in [-0.05, 0) is 30.4 Å². The second-order valence-electron chi connectivity index (χ2n) is 5.89. The standard InChI is InChI=1S/C17H26N2O3/c1-12(2)14-5-3-4-6-15(14)21-10-9-19-17(20)16-8-7-13(11-18)22-16/h3-6,12-13,16H,7-11,18H2,1-2H3,(H,19,20)/t13-,16+/m1/s1. The first-order valence-electron chi connectivity index (χ1n) is 7.96. The number of benzene rings is 1. The van der Waals surface area contributed by atoms with Crippen molar-refractivity contribution in [2.45, 2.75) is 44.8 Å². The van der Waals surface area contributed by atoms with Gasteiger partial charge in [0.15, 0.2) is 0 Å². The first kappa shape index (κ1) is 16.8. The van der Waals surface area contributed by atoms with Crippen molar-refractivity contribution in [1.29, 1.82) is 0 Å². The van der Waals surface area contributed by atoms with Crippen LogP contribution in [0, 0.1) is 0 Å². The minimum Gasteiger partial charge on any atom is -0.491 e. The summed E-state index contributed by atoms with van der Waals surface area (Å²) in [7, 11) is 0. The Bertz CT molecular complexity index is 491. The van der Waals surface area contributed by atoms with Gasteiger partial charge in [0.25, 0.3) is 0 Å². The minimum absolute atomic E-state index is 0.0184. The first-order valence-corrected chi connectivity index (χ1v) is 7.96. The van der Waals surface area contributed by atoms with Crippen molar-refractivity contribution >= 4 is 5.91 Å². The van der Waals surface area contributed by atoms with Crippen LogP contribution in [-0.2, 0) is 9.53 Å². The summed E-state index contributed by atoms with van der Waals surface area (Å²) < 4.78 is 11.3. The van der Waals surface area contributed by atoms with Gasteiger partial charge in [-0.3, -0.25) is 4.79 Å². The Morgan fingerprint density at radius 1 is 1.41 bits per heavy atom. The molecular formula is C17H26N2O3. The Balaban J connectivity index is 1.72. The molecule has 2 rings (SSSR count). The lowest BCUT2D eigenvalue weighted by atomic mass is 10.0. The molecule has 0 aromatic heterocycles. The molecule has 1 saturated heterocycles. The SMILES string of the molecule is CC(C)c1ccccc1OCCNC(=O)[C@@H]1CC[C@H](CN)O1. The highest BCUT2D eigenvalue weighted by molar-refractivity contribution is 5.81. The molecule has 1 aliphatic rings. The van der Waals surface area contributed by atoms with Crippen LogP contribution in [0.4, 0.5) is 0 Å². The fourth-order valence-corrected chi connectivity index (χ4v) is 2.61. The average molecular weight is 306 g/mol. The van der Waals surface area contributed by atoms with Crippen molar-refractivity contribution in [2.24, 2.45) is 5.73 Å². The number of rotatable bonds is 7. The van der Waals surface area contributed by atoms with Crippen molar-refractivity contribution in [3.8, 4) is 5.75 Å². The van der Waals surface area contributed by atoms with Crippen molar-refractivity contribution in [3.05, 3.63) is 29.8 Å². The molecule has 0 saturated carbocycles. The summed E-state index contributed by atoms with van der Waals surface area (Å²) in [5.41, 5.74) is 6.72. The molecule has 0 radical (unpaired) electrons. The molecule has 1 heterocycles. The number of nitrogens with two attached hydrogens (primary N) is 1. The highest BCUT2D eigenvalue weighted by Crippen LogP contribution is 2.25. The molecule has 5 heteroatoms. The normalized spacial score (nSPS) is 21.1. The summed E-state index contributed by atoms with van der Waals surface area (Å²) in [6.07, 6.45) is 1.25. The van der Waals surface area contributed by atoms with Gasteiger partial charge >= 0.3 is 0 Å². The van der Waals surface area contributed by atoms with Crippen molar-refractivity contribution in [3.63, 3.8) is 0 Å². The van der Waals surface area contributed by atoms with E-state index < -0.39 is 0 Å². The summed E-state index contributed by atoms with van der Waals surface area (Å²) >= 11 is 0. The van der Waals surface area contributed by atoms with Gasteiger partial charge in [-0.1, -0.05) is 32.0 Å². The molecule has 0 unspecified atom stereocenters. The van der Waals surface area contributed by atoms with E-state index in [1.165, 1.54) is 5.56 Å². The molecule has 0 aliphatic carbocycles. The molecule has 1 fully saturated rings. The lowest BCUT2D eigenvalue weighted by Gasteiger charge is -2.15. The monoisotopic (exact) mass is 306 g/mol. The van der Waals surface area contributed by atoms with E-state index in [-0.39, 0.29) is 18.1 Å². The lowest BCUT2D eigenvalue weighted by Crippen LogP contribution is -2.37. The van der Waals surface area contributed by atoms with Gasteiger partial charge < -0.3 is 20.5 Å². The van der Waals surface area contributed by atoms with E-state index in [1.807, 2.05) is 18.2 Å². The van der Waals surface area contributed by atoms with Crippen LogP contribution in [0.5, 0.6) is 5.75 Å². The summed E-state index contributed by atoms with van der Waals surface area (Å²) in [6.45, 7) is 5.66. The average Bonchev–Trinajstić information content (AvgIpc) is 3.00. The molecule has 122 valence electrons. The molecule has 1 aromatic rings. The van der Waals surface area contributed by atoms with Crippen LogP contribution in [-0.4, -0.2) is 37.8 Å². The van der Waals surface area contributed by atoms with Gasteiger partial charge in [-0.15, -0.1) is 0 Å². The number of para-hydroxylation sites is 1. The lowest BCUT2D eigenvalue weighted by molar-refractivity contribution is -0.131. The zero-order chi connectivity index (χ0) is 15.9. The van der Waals surface area contributed by atoms with Crippen LogP contribution < -0.4 is 15.8 Å². The maximum Gasteiger partial charge on any atom is 0.249 e. The minimum atomic E-state index is -0.364. The van der Waals surface area contributed by atoms with Crippen molar-refractivity contribution < 1.29 is 14.3 Å². The van der Waals surface area contributed by atoms with E-state index in [2.05, 4.69) is 25.2 Å². The van der Waals surface area contributed by atoms with E-state index in [4.69, 9.17) is 15.2 Å². The molecule has 3 N–H and O–H groups in total. The summed E-state index contributed by atoms with van der Waals surface area (Å²) in [5.74, 6) is 1.22. The predicted octanol–water partition coefficient (Wildman–Crippen LogP) is 1.81. The van der Waals surface area contributed by atoms with Gasteiger partial charge in [0.1, 0.15) is 18.5 Å². The second-order valence-corrected chi connectivity index (χ2v) is 5.89. The van der Waals surface area contributed by atoms with Gasteiger partial charge in [-0.25, -0.2) is 0 Å². The summed E-state index contributed by atoms with van der Waals surface area (Å²) in [5, 5.41) is 2.86. The van der Waals surface area contributed by atoms with Gasteiger partial charge in [0.05, 0.1) is 12.6 Å². The van der Waals surface area contributed by atoms with E-state index in [0.717, 1.165) is 18.6 Å². The van der Waals surface area contributed by atoms with E-state index in [9.17, 15) is 4.79 Å². The number of nitrogens with one attached hydrogen (secondary N) is 1. The van der Waals surface area contributed by atoms with Crippen LogP contribution in [0.1, 0.15) is 38.2 Å². The van der Waals surface area contributed by atoms with Crippen molar-refractivity contribution in [2.75, 3.05) is 19.7 Å². The Hall–Kier alpha value is -1.59. The zero-order valence-electron chi connectivity index (χ0n) is 13.4. The predicted molar refractivity (Wildman–Crippen MR) is 86.0 cm³/mol. The summed E-state index contributed by atoms with van der Waals surface area (Å²) in [6, 6.07) is 8.00. The smallest absolute Gasteiger partial charge is 0.249 e. The zero-order valence-corrected chi connectivity index (χ0v) is 13.4. The maximum absolute atomic E-state index is 12.0. The van der Waals surface area contributed by atoms with Crippen molar-refractivity contribution in [1.82, 2.24) is 5.32 Å². The fraction of sp³-hybridized carbons (Fsp3) is 0.588. The third kappa shape index (κ3) is 4.45. The fourth-order valence-electron chi connectivity index (χ4n) is 2.61. The second kappa shape index (κ2) is 8.15. The van der Waals surface area contributed by atoms with Gasteiger partial charge in [0, 0.05) is 6.54 Å². The maximum atomic E-state index is 12.0.